The predicted octanol–water partition coefficient (Wildman–Crippen LogP) is 1.05. The van der Waals surface area contributed by atoms with Gasteiger partial charge >= 0.3 is 5.69 Å². The van der Waals surface area contributed by atoms with Gasteiger partial charge in [-0.1, -0.05) is 23.7 Å². The summed E-state index contributed by atoms with van der Waals surface area (Å²) < 4.78 is 1.13. The van der Waals surface area contributed by atoms with Crippen LogP contribution in [0.5, 0.6) is 0 Å². The second kappa shape index (κ2) is 4.28. The molecular formula is C11H6ClN3O2. The van der Waals surface area contributed by atoms with Gasteiger partial charge in [0, 0.05) is 6.20 Å². The van der Waals surface area contributed by atoms with Gasteiger partial charge in [0.1, 0.15) is 11.6 Å². The first-order chi connectivity index (χ1) is 8.13. The minimum atomic E-state index is -0.708. The lowest BCUT2D eigenvalue weighted by Crippen LogP contribution is -2.30. The molecule has 0 amide bonds. The highest BCUT2D eigenvalue weighted by molar-refractivity contribution is 6.32. The number of aromatic nitrogens is 2. The maximum Gasteiger partial charge on any atom is 0.333 e. The average molecular weight is 248 g/mol. The van der Waals surface area contributed by atoms with E-state index in [1.165, 1.54) is 6.20 Å². The van der Waals surface area contributed by atoms with E-state index in [4.69, 9.17) is 16.9 Å². The van der Waals surface area contributed by atoms with Crippen LogP contribution in [0.4, 0.5) is 0 Å². The van der Waals surface area contributed by atoms with Crippen molar-refractivity contribution in [3.63, 3.8) is 0 Å². The van der Waals surface area contributed by atoms with Crippen molar-refractivity contribution in [3.8, 4) is 11.8 Å². The first kappa shape index (κ1) is 11.2. The number of benzene rings is 1. The molecule has 2 rings (SSSR count). The second-order valence-electron chi connectivity index (χ2n) is 3.24. The first-order valence-corrected chi connectivity index (χ1v) is 5.02. The Hall–Kier alpha value is -2.32. The van der Waals surface area contributed by atoms with E-state index < -0.39 is 11.2 Å². The van der Waals surface area contributed by atoms with Crippen molar-refractivity contribution in [3.05, 3.63) is 61.9 Å². The minimum Gasteiger partial charge on any atom is -0.273 e. The van der Waals surface area contributed by atoms with Crippen molar-refractivity contribution in [1.29, 1.82) is 5.26 Å². The molecule has 5 nitrogen and oxygen atoms in total. The van der Waals surface area contributed by atoms with Crippen molar-refractivity contribution in [2.24, 2.45) is 0 Å². The quantitative estimate of drug-likeness (QED) is 0.818. The highest BCUT2D eigenvalue weighted by Gasteiger charge is 2.07. The average Bonchev–Trinajstić information content (AvgIpc) is 2.31. The lowest BCUT2D eigenvalue weighted by molar-refractivity contribution is 0.889. The molecule has 0 bridgehead atoms. The summed E-state index contributed by atoms with van der Waals surface area (Å²) in [5, 5.41) is 9.08. The van der Waals surface area contributed by atoms with Gasteiger partial charge in [0.15, 0.2) is 0 Å². The second-order valence-corrected chi connectivity index (χ2v) is 3.64. The van der Waals surface area contributed by atoms with Crippen molar-refractivity contribution >= 4 is 11.6 Å². The fourth-order valence-electron chi connectivity index (χ4n) is 1.38. The highest BCUT2D eigenvalue weighted by atomic mass is 35.5. The molecule has 6 heteroatoms. The molecule has 1 N–H and O–H groups in total. The van der Waals surface area contributed by atoms with Gasteiger partial charge in [0.25, 0.3) is 5.56 Å². The van der Waals surface area contributed by atoms with Gasteiger partial charge in [-0.25, -0.2) is 4.79 Å². The fraction of sp³-hybridized carbons (Fsp3) is 0. The number of hydrogen-bond donors (Lipinski definition) is 1. The summed E-state index contributed by atoms with van der Waals surface area (Å²) in [6.45, 7) is 0. The number of nitrogens with zero attached hydrogens (tertiary/aromatic N) is 2. The summed E-state index contributed by atoms with van der Waals surface area (Å²) in [5.74, 6) is 0. The van der Waals surface area contributed by atoms with Crippen LogP contribution in [0.1, 0.15) is 5.56 Å². The van der Waals surface area contributed by atoms with E-state index in [0.29, 0.717) is 10.7 Å². The SMILES string of the molecule is N#Cc1cn(-c2ccccc2Cl)c(=O)[nH]c1=O. The standard InChI is InChI=1S/C11H6ClN3O2/c12-8-3-1-2-4-9(8)15-6-7(5-13)10(16)14-11(15)17/h1-4,6H,(H,14,16,17). The summed E-state index contributed by atoms with van der Waals surface area (Å²) >= 11 is 5.93. The Labute approximate surface area is 101 Å². The number of nitriles is 1. The molecule has 0 atom stereocenters. The summed E-state index contributed by atoms with van der Waals surface area (Å²) in [6.07, 6.45) is 1.17. The van der Waals surface area contributed by atoms with Gasteiger partial charge in [-0.2, -0.15) is 5.26 Å². The Kier molecular flexibility index (Phi) is 2.81. The Bertz CT molecular complexity index is 724. The van der Waals surface area contributed by atoms with E-state index in [1.54, 1.807) is 30.3 Å². The van der Waals surface area contributed by atoms with E-state index in [0.717, 1.165) is 4.57 Å². The molecule has 0 aliphatic heterocycles. The van der Waals surface area contributed by atoms with Gasteiger partial charge in [0.05, 0.1) is 10.7 Å². The Morgan fingerprint density at radius 1 is 1.29 bits per heavy atom. The third kappa shape index (κ3) is 1.98. The molecule has 0 fully saturated rings. The van der Waals surface area contributed by atoms with Crippen LogP contribution in [-0.4, -0.2) is 9.55 Å². The maximum atomic E-state index is 11.6. The van der Waals surface area contributed by atoms with E-state index in [1.807, 2.05) is 0 Å². The predicted molar refractivity (Wildman–Crippen MR) is 62.4 cm³/mol. The van der Waals surface area contributed by atoms with Crippen LogP contribution < -0.4 is 11.2 Å². The molecule has 0 saturated carbocycles. The molecule has 0 spiro atoms. The molecule has 84 valence electrons. The highest BCUT2D eigenvalue weighted by Crippen LogP contribution is 2.17. The van der Waals surface area contributed by atoms with Gasteiger partial charge in [-0.15, -0.1) is 0 Å². The first-order valence-electron chi connectivity index (χ1n) is 4.64. The zero-order valence-electron chi connectivity index (χ0n) is 8.48. The van der Waals surface area contributed by atoms with Crippen molar-refractivity contribution in [2.75, 3.05) is 0 Å². The number of H-pyrrole nitrogens is 1. The molecular weight excluding hydrogens is 242 g/mol. The van der Waals surface area contributed by atoms with Crippen LogP contribution in [0.2, 0.25) is 5.02 Å². The van der Waals surface area contributed by atoms with E-state index in [-0.39, 0.29) is 5.56 Å². The van der Waals surface area contributed by atoms with Crippen LogP contribution in [-0.2, 0) is 0 Å². The van der Waals surface area contributed by atoms with E-state index in [2.05, 4.69) is 4.98 Å². The summed E-state index contributed by atoms with van der Waals surface area (Å²) in [4.78, 5) is 24.9. The van der Waals surface area contributed by atoms with Gasteiger partial charge < -0.3 is 0 Å². The monoisotopic (exact) mass is 247 g/mol. The van der Waals surface area contributed by atoms with Crippen LogP contribution in [0.15, 0.2) is 40.1 Å². The van der Waals surface area contributed by atoms with Crippen molar-refractivity contribution in [1.82, 2.24) is 9.55 Å². The lowest BCUT2D eigenvalue weighted by atomic mass is 10.3. The van der Waals surface area contributed by atoms with Gasteiger partial charge in [-0.3, -0.25) is 14.3 Å². The Balaban J connectivity index is 2.78. The molecule has 2 aromatic rings. The van der Waals surface area contributed by atoms with Crippen molar-refractivity contribution in [2.45, 2.75) is 0 Å². The fourth-order valence-corrected chi connectivity index (χ4v) is 1.60. The topological polar surface area (TPSA) is 78.7 Å². The Morgan fingerprint density at radius 2 is 2.00 bits per heavy atom. The van der Waals surface area contributed by atoms with E-state index in [9.17, 15) is 9.59 Å². The summed E-state index contributed by atoms with van der Waals surface area (Å²) in [7, 11) is 0. The minimum absolute atomic E-state index is 0.149. The number of para-hydroxylation sites is 1. The molecule has 17 heavy (non-hydrogen) atoms. The van der Waals surface area contributed by atoms with Gasteiger partial charge in [0.2, 0.25) is 0 Å². The maximum absolute atomic E-state index is 11.6. The molecule has 1 heterocycles. The molecule has 1 aromatic carbocycles. The number of nitrogens with one attached hydrogen (secondary N) is 1. The third-order valence-electron chi connectivity index (χ3n) is 2.17. The van der Waals surface area contributed by atoms with Crippen LogP contribution in [0.25, 0.3) is 5.69 Å². The molecule has 0 aliphatic carbocycles. The number of hydrogen-bond acceptors (Lipinski definition) is 3. The Morgan fingerprint density at radius 3 is 2.65 bits per heavy atom. The number of rotatable bonds is 1. The van der Waals surface area contributed by atoms with Crippen molar-refractivity contribution < 1.29 is 0 Å². The molecule has 0 aliphatic rings. The molecule has 0 unspecified atom stereocenters. The lowest BCUT2D eigenvalue weighted by Gasteiger charge is -2.06. The smallest absolute Gasteiger partial charge is 0.273 e. The van der Waals surface area contributed by atoms with E-state index >= 15 is 0 Å². The van der Waals surface area contributed by atoms with Gasteiger partial charge in [-0.05, 0) is 12.1 Å². The zero-order valence-corrected chi connectivity index (χ0v) is 9.23. The summed E-state index contributed by atoms with van der Waals surface area (Å²) in [5.41, 5.74) is -1.08. The summed E-state index contributed by atoms with van der Waals surface area (Å²) in [6, 6.07) is 8.35. The largest absolute Gasteiger partial charge is 0.333 e. The van der Waals surface area contributed by atoms with Crippen LogP contribution >= 0.6 is 11.6 Å². The van der Waals surface area contributed by atoms with Crippen LogP contribution in [0, 0.1) is 11.3 Å². The molecule has 0 saturated heterocycles. The van der Waals surface area contributed by atoms with Crippen LogP contribution in [0.3, 0.4) is 0 Å². The number of halogens is 1. The molecule has 1 aromatic heterocycles. The zero-order chi connectivity index (χ0) is 12.4. The number of aromatic amines is 1. The third-order valence-corrected chi connectivity index (χ3v) is 2.49. The molecule has 0 radical (unpaired) electrons. The normalized spacial score (nSPS) is 9.88.